The summed E-state index contributed by atoms with van der Waals surface area (Å²) < 4.78 is 53.9. The highest BCUT2D eigenvalue weighted by Gasteiger charge is 2.41. The molecule has 1 rings (SSSR count). The normalized spacial score (nSPS) is 12.1. The summed E-state index contributed by atoms with van der Waals surface area (Å²) in [6, 6.07) is 1.37. The Morgan fingerprint density at radius 3 is 2.71 bits per heavy atom. The van der Waals surface area contributed by atoms with Crippen LogP contribution in [-0.2, 0) is 11.8 Å². The summed E-state index contributed by atoms with van der Waals surface area (Å²) in [6.07, 6.45) is -2.33. The molecule has 0 aliphatic carbocycles. The first-order valence-electron chi connectivity index (χ1n) is 4.59. The fourth-order valence-electron chi connectivity index (χ4n) is 0.981. The van der Waals surface area contributed by atoms with E-state index in [2.05, 4.69) is 9.84 Å². The number of alkyl halides is 4. The minimum absolute atomic E-state index is 0.0351. The van der Waals surface area contributed by atoms with Gasteiger partial charge in [-0.05, 0) is 6.07 Å². The van der Waals surface area contributed by atoms with E-state index in [-0.39, 0.29) is 5.69 Å². The maximum atomic E-state index is 12.4. The standard InChI is InChI=1S/C9H10F4N2O2/c1-15-3-2-6(14-15)7(16)4-17-5-9(12,13)8(10)11/h2-3,8H,4-5H2,1H3. The fourth-order valence-corrected chi connectivity index (χ4v) is 0.981. The third kappa shape index (κ3) is 3.81. The molecule has 0 aromatic carbocycles. The van der Waals surface area contributed by atoms with Gasteiger partial charge in [0, 0.05) is 13.2 Å². The number of aromatic nitrogens is 2. The van der Waals surface area contributed by atoms with Crippen LogP contribution in [0.25, 0.3) is 0 Å². The van der Waals surface area contributed by atoms with Crippen LogP contribution in [0.1, 0.15) is 10.5 Å². The van der Waals surface area contributed by atoms with Gasteiger partial charge in [-0.15, -0.1) is 0 Å². The van der Waals surface area contributed by atoms with Crippen LogP contribution in [0.15, 0.2) is 12.3 Å². The van der Waals surface area contributed by atoms with Crippen molar-refractivity contribution < 1.29 is 27.1 Å². The largest absolute Gasteiger partial charge is 0.367 e. The highest BCUT2D eigenvalue weighted by Crippen LogP contribution is 2.22. The van der Waals surface area contributed by atoms with Gasteiger partial charge in [-0.25, -0.2) is 8.78 Å². The summed E-state index contributed by atoms with van der Waals surface area (Å²) in [5.41, 5.74) is 0.0351. The van der Waals surface area contributed by atoms with Gasteiger partial charge in [-0.2, -0.15) is 13.9 Å². The molecule has 8 heteroatoms. The van der Waals surface area contributed by atoms with Crippen molar-refractivity contribution >= 4 is 5.78 Å². The number of carbonyl (C=O) groups is 1. The smallest absolute Gasteiger partial charge is 0.330 e. The first-order valence-corrected chi connectivity index (χ1v) is 4.59. The number of Topliss-reactive ketones (excluding diaryl/α,β-unsaturated/α-hetero) is 1. The maximum absolute atomic E-state index is 12.4. The number of hydrogen-bond acceptors (Lipinski definition) is 3. The molecular formula is C9H10F4N2O2. The molecule has 0 spiro atoms. The molecule has 0 aliphatic heterocycles. The minimum Gasteiger partial charge on any atom is -0.367 e. The Labute approximate surface area is 94.2 Å². The zero-order valence-corrected chi connectivity index (χ0v) is 8.87. The molecule has 96 valence electrons. The highest BCUT2D eigenvalue weighted by atomic mass is 19.3. The van der Waals surface area contributed by atoms with Crippen LogP contribution in [0.4, 0.5) is 17.6 Å². The summed E-state index contributed by atoms with van der Waals surface area (Å²) >= 11 is 0. The molecule has 0 radical (unpaired) electrons. The number of hydrogen-bond donors (Lipinski definition) is 0. The Hall–Kier alpha value is -1.44. The summed E-state index contributed by atoms with van der Waals surface area (Å²) in [5, 5.41) is 3.71. The summed E-state index contributed by atoms with van der Waals surface area (Å²) in [6.45, 7) is -2.21. The lowest BCUT2D eigenvalue weighted by Gasteiger charge is -2.14. The van der Waals surface area contributed by atoms with E-state index in [1.807, 2.05) is 0 Å². The average molecular weight is 254 g/mol. The molecule has 0 unspecified atom stereocenters. The van der Waals surface area contributed by atoms with Crippen LogP contribution in [0, 0.1) is 0 Å². The maximum Gasteiger partial charge on any atom is 0.330 e. The third-order valence-electron chi connectivity index (χ3n) is 1.85. The van der Waals surface area contributed by atoms with Crippen molar-refractivity contribution in [1.82, 2.24) is 9.78 Å². The van der Waals surface area contributed by atoms with E-state index in [1.165, 1.54) is 16.9 Å². The van der Waals surface area contributed by atoms with Crippen LogP contribution >= 0.6 is 0 Å². The van der Waals surface area contributed by atoms with Crippen molar-refractivity contribution in [2.24, 2.45) is 7.05 Å². The molecule has 0 amide bonds. The molecular weight excluding hydrogens is 244 g/mol. The highest BCUT2D eigenvalue weighted by molar-refractivity contribution is 5.95. The van der Waals surface area contributed by atoms with Gasteiger partial charge in [-0.3, -0.25) is 9.48 Å². The number of aryl methyl sites for hydroxylation is 1. The van der Waals surface area contributed by atoms with Crippen molar-refractivity contribution in [3.8, 4) is 0 Å². The number of rotatable bonds is 6. The van der Waals surface area contributed by atoms with Gasteiger partial charge < -0.3 is 4.74 Å². The Morgan fingerprint density at radius 2 is 2.24 bits per heavy atom. The van der Waals surface area contributed by atoms with Gasteiger partial charge in [0.05, 0.1) is 0 Å². The van der Waals surface area contributed by atoms with Gasteiger partial charge >= 0.3 is 12.3 Å². The van der Waals surface area contributed by atoms with E-state index in [1.54, 1.807) is 7.05 Å². The number of ether oxygens (including phenoxy) is 1. The molecule has 4 nitrogen and oxygen atoms in total. The van der Waals surface area contributed by atoms with Crippen LogP contribution in [0.5, 0.6) is 0 Å². The lowest BCUT2D eigenvalue weighted by atomic mass is 10.3. The van der Waals surface area contributed by atoms with Crippen molar-refractivity contribution in [2.45, 2.75) is 12.3 Å². The second kappa shape index (κ2) is 5.26. The average Bonchev–Trinajstić information content (AvgIpc) is 2.64. The minimum atomic E-state index is -4.25. The van der Waals surface area contributed by atoms with Gasteiger partial charge in [0.15, 0.2) is 0 Å². The van der Waals surface area contributed by atoms with E-state index >= 15 is 0 Å². The Balaban J connectivity index is 2.40. The third-order valence-corrected chi connectivity index (χ3v) is 1.85. The molecule has 0 N–H and O–H groups in total. The van der Waals surface area contributed by atoms with E-state index in [0.29, 0.717) is 0 Å². The van der Waals surface area contributed by atoms with Crippen LogP contribution in [-0.4, -0.2) is 41.1 Å². The van der Waals surface area contributed by atoms with Crippen molar-refractivity contribution in [1.29, 1.82) is 0 Å². The predicted molar refractivity (Wildman–Crippen MR) is 49.3 cm³/mol. The molecule has 0 aliphatic rings. The van der Waals surface area contributed by atoms with Gasteiger partial charge in [0.25, 0.3) is 0 Å². The quantitative estimate of drug-likeness (QED) is 0.571. The van der Waals surface area contributed by atoms with Gasteiger partial charge in [0.2, 0.25) is 5.78 Å². The number of nitrogens with zero attached hydrogens (tertiary/aromatic N) is 2. The molecule has 0 saturated carbocycles. The molecule has 1 heterocycles. The Bertz CT molecular complexity index is 392. The van der Waals surface area contributed by atoms with E-state index < -0.39 is 31.3 Å². The van der Waals surface area contributed by atoms with E-state index in [0.717, 1.165) is 0 Å². The van der Waals surface area contributed by atoms with Crippen LogP contribution in [0.2, 0.25) is 0 Å². The molecule has 0 atom stereocenters. The first-order chi connectivity index (χ1) is 7.83. The fraction of sp³-hybridized carbons (Fsp3) is 0.556. The van der Waals surface area contributed by atoms with E-state index in [9.17, 15) is 22.4 Å². The lowest BCUT2D eigenvalue weighted by Crippen LogP contribution is -2.33. The molecule has 1 aromatic rings. The number of carbonyl (C=O) groups excluding carboxylic acids is 1. The summed E-state index contributed by atoms with van der Waals surface area (Å²) in [4.78, 5) is 11.3. The molecule has 0 fully saturated rings. The Kier molecular flexibility index (Phi) is 4.22. The predicted octanol–water partition coefficient (Wildman–Crippen LogP) is 1.52. The second-order valence-electron chi connectivity index (χ2n) is 3.35. The molecule has 0 saturated heterocycles. The molecule has 0 bridgehead atoms. The summed E-state index contributed by atoms with van der Waals surface area (Å²) in [5.74, 6) is -4.89. The zero-order valence-electron chi connectivity index (χ0n) is 8.87. The molecule has 17 heavy (non-hydrogen) atoms. The second-order valence-corrected chi connectivity index (χ2v) is 3.35. The SMILES string of the molecule is Cn1ccc(C(=O)COCC(F)(F)C(F)F)n1. The first kappa shape index (κ1) is 13.6. The number of halogens is 4. The lowest BCUT2D eigenvalue weighted by molar-refractivity contribution is -0.163. The number of ketones is 1. The van der Waals surface area contributed by atoms with Crippen molar-refractivity contribution in [3.05, 3.63) is 18.0 Å². The topological polar surface area (TPSA) is 44.1 Å². The summed E-state index contributed by atoms with van der Waals surface area (Å²) in [7, 11) is 1.57. The monoisotopic (exact) mass is 254 g/mol. The van der Waals surface area contributed by atoms with Crippen LogP contribution < -0.4 is 0 Å². The molecule has 1 aromatic heterocycles. The van der Waals surface area contributed by atoms with Crippen molar-refractivity contribution in [3.63, 3.8) is 0 Å². The van der Waals surface area contributed by atoms with Crippen LogP contribution in [0.3, 0.4) is 0 Å². The Morgan fingerprint density at radius 1 is 1.59 bits per heavy atom. The van der Waals surface area contributed by atoms with Gasteiger partial charge in [-0.1, -0.05) is 0 Å². The zero-order chi connectivity index (χ0) is 13.1. The van der Waals surface area contributed by atoms with Gasteiger partial charge in [0.1, 0.15) is 18.9 Å². The van der Waals surface area contributed by atoms with E-state index in [4.69, 9.17) is 0 Å². The van der Waals surface area contributed by atoms with Crippen molar-refractivity contribution in [2.75, 3.05) is 13.2 Å².